The van der Waals surface area contributed by atoms with Gasteiger partial charge in [-0.15, -0.1) is 0 Å². The van der Waals surface area contributed by atoms with Crippen LogP contribution in [0.4, 0.5) is 0 Å². The minimum Gasteiger partial charge on any atom is -0.337 e. The lowest BCUT2D eigenvalue weighted by Gasteiger charge is -2.08. The Morgan fingerprint density at radius 3 is 2.32 bits per heavy atom. The Bertz CT molecular complexity index is 1840. The largest absolute Gasteiger partial charge is 0.337 e. The van der Waals surface area contributed by atoms with E-state index < -0.39 is 0 Å². The Morgan fingerprint density at radius 2 is 1.62 bits per heavy atom. The number of fused-ring (bicyclic) bond motifs is 6. The third kappa shape index (κ3) is 2.97. The van der Waals surface area contributed by atoms with Gasteiger partial charge in [-0.05, 0) is 54.1 Å². The van der Waals surface area contributed by atoms with Crippen molar-refractivity contribution in [1.29, 1.82) is 10.5 Å². The van der Waals surface area contributed by atoms with Gasteiger partial charge in [-0.2, -0.15) is 15.5 Å². The fourth-order valence-electron chi connectivity index (χ4n) is 4.35. The van der Waals surface area contributed by atoms with Crippen molar-refractivity contribution in [3.05, 3.63) is 76.0 Å². The Morgan fingerprint density at radius 1 is 0.882 bits per heavy atom. The van der Waals surface area contributed by atoms with Crippen LogP contribution < -0.4 is 0 Å². The number of nitrogens with one attached hydrogen (secondary N) is 1. The van der Waals surface area contributed by atoms with Crippen LogP contribution in [0.2, 0.25) is 0 Å². The molecule has 7 nitrogen and oxygen atoms in total. The van der Waals surface area contributed by atoms with Crippen LogP contribution in [-0.2, 0) is 0 Å². The monoisotopic (exact) mass is 504 g/mol. The van der Waals surface area contributed by atoms with E-state index in [1.165, 1.54) is 0 Å². The lowest BCUT2D eigenvalue weighted by molar-refractivity contribution is 0.425. The van der Waals surface area contributed by atoms with Gasteiger partial charge in [-0.3, -0.25) is 0 Å². The highest BCUT2D eigenvalue weighted by Gasteiger charge is 2.19. The van der Waals surface area contributed by atoms with Crippen molar-refractivity contribution in [1.82, 2.24) is 20.1 Å². The van der Waals surface area contributed by atoms with Crippen molar-refractivity contribution in [3.8, 4) is 35.0 Å². The number of benzene rings is 4. The van der Waals surface area contributed by atoms with Gasteiger partial charge in [-0.25, -0.2) is 4.98 Å². The van der Waals surface area contributed by atoms with Gasteiger partial charge in [0.2, 0.25) is 0 Å². The summed E-state index contributed by atoms with van der Waals surface area (Å²) in [6.45, 7) is 1.78. The molecular formula is C26H13BrN6O. The zero-order valence-corrected chi connectivity index (χ0v) is 19.3. The molecule has 1 N–H and O–H groups in total. The molecule has 0 aliphatic heterocycles. The second kappa shape index (κ2) is 7.51. The molecule has 0 saturated carbocycles. The van der Waals surface area contributed by atoms with Gasteiger partial charge in [0, 0.05) is 20.8 Å². The number of aromatic amines is 1. The molecule has 2 heterocycles. The van der Waals surface area contributed by atoms with Gasteiger partial charge in [0.05, 0.1) is 39.9 Å². The van der Waals surface area contributed by atoms with Gasteiger partial charge >= 0.3 is 0 Å². The maximum Gasteiger partial charge on any atom is 0.257 e. The van der Waals surface area contributed by atoms with Crippen molar-refractivity contribution in [2.24, 2.45) is 0 Å². The average molecular weight is 505 g/mol. The van der Waals surface area contributed by atoms with Gasteiger partial charge in [0.25, 0.3) is 5.89 Å². The van der Waals surface area contributed by atoms with Crippen LogP contribution in [0.5, 0.6) is 0 Å². The molecule has 0 saturated heterocycles. The molecule has 0 fully saturated rings. The summed E-state index contributed by atoms with van der Waals surface area (Å²) in [6.07, 6.45) is 0. The predicted octanol–water partition coefficient (Wildman–Crippen LogP) is 6.40. The quantitative estimate of drug-likeness (QED) is 0.272. The highest BCUT2D eigenvalue weighted by atomic mass is 79.9. The normalized spacial score (nSPS) is 11.2. The zero-order chi connectivity index (χ0) is 23.4. The van der Waals surface area contributed by atoms with E-state index in [1.807, 2.05) is 30.3 Å². The summed E-state index contributed by atoms with van der Waals surface area (Å²) < 4.78 is 6.33. The number of aryl methyl sites for hydroxylation is 1. The Labute approximate surface area is 201 Å². The number of nitrogens with zero attached hydrogens (tertiary/aromatic N) is 5. The van der Waals surface area contributed by atoms with E-state index in [-0.39, 0.29) is 0 Å². The predicted molar refractivity (Wildman–Crippen MR) is 132 cm³/mol. The molecule has 4 aromatic carbocycles. The molecule has 2 aromatic heterocycles. The highest BCUT2D eigenvalue weighted by Crippen LogP contribution is 2.39. The molecule has 0 aliphatic carbocycles. The van der Waals surface area contributed by atoms with E-state index in [1.54, 1.807) is 25.1 Å². The van der Waals surface area contributed by atoms with Gasteiger partial charge in [-0.1, -0.05) is 39.3 Å². The van der Waals surface area contributed by atoms with Crippen molar-refractivity contribution in [3.63, 3.8) is 0 Å². The summed E-state index contributed by atoms with van der Waals surface area (Å²) in [5.41, 5.74) is 3.69. The first kappa shape index (κ1) is 20.1. The van der Waals surface area contributed by atoms with Crippen LogP contribution in [0.1, 0.15) is 17.0 Å². The van der Waals surface area contributed by atoms with E-state index in [0.717, 1.165) is 42.6 Å². The second-order valence-electron chi connectivity index (χ2n) is 7.86. The van der Waals surface area contributed by atoms with Crippen molar-refractivity contribution in [2.75, 3.05) is 0 Å². The topological polar surface area (TPSA) is 115 Å². The van der Waals surface area contributed by atoms with E-state index in [0.29, 0.717) is 34.2 Å². The molecule has 8 heteroatoms. The Hall–Kier alpha value is -4.53. The summed E-state index contributed by atoms with van der Waals surface area (Å²) in [6, 6.07) is 21.4. The molecule has 6 aromatic rings. The van der Waals surface area contributed by atoms with Crippen molar-refractivity contribution < 1.29 is 4.52 Å². The number of nitriles is 2. The van der Waals surface area contributed by atoms with Crippen LogP contribution in [-0.4, -0.2) is 20.1 Å². The van der Waals surface area contributed by atoms with Crippen LogP contribution in [0.3, 0.4) is 0 Å². The number of aromatic nitrogens is 4. The summed E-state index contributed by atoms with van der Waals surface area (Å²) in [7, 11) is 0. The van der Waals surface area contributed by atoms with Crippen LogP contribution in [0, 0.1) is 29.6 Å². The fraction of sp³-hybridized carbons (Fsp3) is 0.0385. The van der Waals surface area contributed by atoms with Crippen LogP contribution >= 0.6 is 15.9 Å². The molecule has 6 rings (SSSR count). The highest BCUT2D eigenvalue weighted by molar-refractivity contribution is 9.10. The number of halogens is 1. The molecule has 0 radical (unpaired) electrons. The second-order valence-corrected chi connectivity index (χ2v) is 8.77. The minimum atomic E-state index is 0.392. The van der Waals surface area contributed by atoms with Gasteiger partial charge < -0.3 is 9.51 Å². The first-order chi connectivity index (χ1) is 16.6. The lowest BCUT2D eigenvalue weighted by Crippen LogP contribution is -1.91. The molecule has 34 heavy (non-hydrogen) atoms. The number of rotatable bonds is 2. The van der Waals surface area contributed by atoms with Crippen LogP contribution in [0.15, 0.2) is 63.6 Å². The van der Waals surface area contributed by atoms with E-state index in [4.69, 9.17) is 9.51 Å². The number of H-pyrrole nitrogens is 1. The van der Waals surface area contributed by atoms with Gasteiger partial charge in [0.1, 0.15) is 5.82 Å². The maximum atomic E-state index is 9.66. The summed E-state index contributed by atoms with van der Waals surface area (Å²) in [5.74, 6) is 1.50. The average Bonchev–Trinajstić information content (AvgIpc) is 3.50. The Balaban J connectivity index is 1.73. The third-order valence-electron chi connectivity index (χ3n) is 5.84. The SMILES string of the molecule is Cc1noc(-c2ccc3c(c2)c2cc(Br)ccc2c2[nH]c(-c4c(C#N)cccc4C#N)nc32)n1. The molecule has 0 aliphatic rings. The maximum absolute atomic E-state index is 9.66. The molecule has 0 bridgehead atoms. The van der Waals surface area contributed by atoms with Crippen LogP contribution in [0.25, 0.3) is 55.4 Å². The number of hydrogen-bond acceptors (Lipinski definition) is 6. The summed E-state index contributed by atoms with van der Waals surface area (Å²) >= 11 is 3.59. The minimum absolute atomic E-state index is 0.392. The van der Waals surface area contributed by atoms with Gasteiger partial charge in [0.15, 0.2) is 5.82 Å². The lowest BCUT2D eigenvalue weighted by atomic mass is 9.98. The van der Waals surface area contributed by atoms with E-state index >= 15 is 0 Å². The Kier molecular flexibility index (Phi) is 4.44. The van der Waals surface area contributed by atoms with Crippen molar-refractivity contribution in [2.45, 2.75) is 6.92 Å². The summed E-state index contributed by atoms with van der Waals surface area (Å²) in [4.78, 5) is 12.6. The smallest absolute Gasteiger partial charge is 0.257 e. The van der Waals surface area contributed by atoms with Crippen molar-refractivity contribution >= 4 is 48.5 Å². The fourth-order valence-corrected chi connectivity index (χ4v) is 4.71. The molecule has 0 atom stereocenters. The number of imidazole rings is 1. The molecule has 160 valence electrons. The first-order valence-electron chi connectivity index (χ1n) is 10.4. The standard InChI is InChI=1S/C26H13BrN6O/c1-13-30-26(34-33-13)14-5-7-18-20(9-14)21-10-17(27)6-8-19(21)24-23(18)31-25(32-24)22-15(11-28)3-2-4-16(22)12-29/h2-10H,1H3,(H,31,32). The molecular weight excluding hydrogens is 492 g/mol. The molecule has 0 spiro atoms. The van der Waals surface area contributed by atoms with E-state index in [2.05, 4.69) is 49.3 Å². The third-order valence-corrected chi connectivity index (χ3v) is 6.33. The first-order valence-corrected chi connectivity index (χ1v) is 11.2. The number of hydrogen-bond donors (Lipinski definition) is 1. The summed E-state index contributed by atoms with van der Waals surface area (Å²) in [5, 5.41) is 27.1. The molecule has 0 unspecified atom stereocenters. The molecule has 0 amide bonds. The zero-order valence-electron chi connectivity index (χ0n) is 17.7. The van der Waals surface area contributed by atoms with E-state index in [9.17, 15) is 10.5 Å².